The van der Waals surface area contributed by atoms with Gasteiger partial charge in [-0.15, -0.1) is 0 Å². The molecule has 0 spiro atoms. The van der Waals surface area contributed by atoms with Gasteiger partial charge in [-0.05, 0) is 55.2 Å². The van der Waals surface area contributed by atoms with Gasteiger partial charge in [-0.1, -0.05) is 34.1 Å². The van der Waals surface area contributed by atoms with Crippen molar-refractivity contribution < 1.29 is 4.74 Å². The van der Waals surface area contributed by atoms with E-state index in [0.29, 0.717) is 0 Å². The lowest BCUT2D eigenvalue weighted by Gasteiger charge is -2.21. The van der Waals surface area contributed by atoms with Crippen molar-refractivity contribution in [2.75, 3.05) is 7.11 Å². The van der Waals surface area contributed by atoms with E-state index in [1.54, 1.807) is 7.11 Å². The molecule has 0 aliphatic heterocycles. The van der Waals surface area contributed by atoms with Crippen molar-refractivity contribution in [3.8, 4) is 5.75 Å². The van der Waals surface area contributed by atoms with Crippen LogP contribution in [0.25, 0.3) is 0 Å². The van der Waals surface area contributed by atoms with E-state index in [9.17, 15) is 0 Å². The topological polar surface area (TPSA) is 35.2 Å². The van der Waals surface area contributed by atoms with E-state index in [1.165, 1.54) is 16.7 Å². The molecule has 0 heterocycles. The minimum absolute atomic E-state index is 0.192. The van der Waals surface area contributed by atoms with Gasteiger partial charge in [0.25, 0.3) is 0 Å². The van der Waals surface area contributed by atoms with Gasteiger partial charge in [-0.25, -0.2) is 0 Å². The lowest BCUT2D eigenvalue weighted by Crippen LogP contribution is -2.16. The average molecular weight is 334 g/mol. The van der Waals surface area contributed by atoms with Gasteiger partial charge in [0.15, 0.2) is 0 Å². The van der Waals surface area contributed by atoms with Crippen molar-refractivity contribution in [1.29, 1.82) is 0 Å². The SMILES string of the molecule is COc1cc(C)c(Br)cc1C(N)c1c(C)cccc1C. The van der Waals surface area contributed by atoms with Gasteiger partial charge in [-0.2, -0.15) is 0 Å². The standard InChI is InChI=1S/C17H20BrNO/c1-10-6-5-7-11(2)16(10)17(19)13-9-14(18)12(3)8-15(13)20-4/h5-9,17H,19H2,1-4H3. The van der Waals surface area contributed by atoms with Crippen molar-refractivity contribution in [3.05, 3.63) is 62.6 Å². The largest absolute Gasteiger partial charge is 0.496 e. The summed E-state index contributed by atoms with van der Waals surface area (Å²) in [5.74, 6) is 0.834. The smallest absolute Gasteiger partial charge is 0.124 e. The van der Waals surface area contributed by atoms with Gasteiger partial charge in [-0.3, -0.25) is 0 Å². The fraction of sp³-hybridized carbons (Fsp3) is 0.294. The Hall–Kier alpha value is -1.32. The molecule has 1 atom stereocenters. The van der Waals surface area contributed by atoms with Crippen LogP contribution in [0.15, 0.2) is 34.8 Å². The summed E-state index contributed by atoms with van der Waals surface area (Å²) in [5.41, 5.74) is 12.2. The summed E-state index contributed by atoms with van der Waals surface area (Å²) in [5, 5.41) is 0. The molecule has 0 aromatic heterocycles. The van der Waals surface area contributed by atoms with E-state index in [2.05, 4.69) is 54.0 Å². The minimum atomic E-state index is -0.192. The van der Waals surface area contributed by atoms with Gasteiger partial charge in [0.1, 0.15) is 5.75 Å². The van der Waals surface area contributed by atoms with E-state index >= 15 is 0 Å². The fourth-order valence-electron chi connectivity index (χ4n) is 2.56. The quantitative estimate of drug-likeness (QED) is 0.901. The molecule has 3 heteroatoms. The highest BCUT2D eigenvalue weighted by molar-refractivity contribution is 9.10. The molecule has 2 N–H and O–H groups in total. The maximum Gasteiger partial charge on any atom is 0.124 e. The number of hydrogen-bond donors (Lipinski definition) is 1. The molecule has 0 radical (unpaired) electrons. The monoisotopic (exact) mass is 333 g/mol. The summed E-state index contributed by atoms with van der Waals surface area (Å²) in [4.78, 5) is 0. The lowest BCUT2D eigenvalue weighted by atomic mass is 9.91. The van der Waals surface area contributed by atoms with Crippen LogP contribution in [0.4, 0.5) is 0 Å². The second-order valence-corrected chi connectivity index (χ2v) is 5.98. The first-order chi connectivity index (χ1) is 9.45. The summed E-state index contributed by atoms with van der Waals surface area (Å²) >= 11 is 3.58. The van der Waals surface area contributed by atoms with E-state index in [0.717, 1.165) is 21.3 Å². The lowest BCUT2D eigenvalue weighted by molar-refractivity contribution is 0.407. The summed E-state index contributed by atoms with van der Waals surface area (Å²) < 4.78 is 6.55. The van der Waals surface area contributed by atoms with E-state index in [-0.39, 0.29) is 6.04 Å². The molecule has 0 saturated carbocycles. The molecule has 2 rings (SSSR count). The van der Waals surface area contributed by atoms with E-state index in [4.69, 9.17) is 10.5 Å². The molecule has 106 valence electrons. The predicted molar refractivity (Wildman–Crippen MR) is 87.4 cm³/mol. The molecule has 0 amide bonds. The number of rotatable bonds is 3. The highest BCUT2D eigenvalue weighted by atomic mass is 79.9. The second-order valence-electron chi connectivity index (χ2n) is 5.13. The number of methoxy groups -OCH3 is 1. The molecular formula is C17H20BrNO. The Labute approximate surface area is 129 Å². The first kappa shape index (κ1) is 15.1. The zero-order chi connectivity index (χ0) is 14.9. The third kappa shape index (κ3) is 2.74. The van der Waals surface area contributed by atoms with Crippen LogP contribution in [-0.2, 0) is 0 Å². The number of nitrogens with two attached hydrogens (primary N) is 1. The van der Waals surface area contributed by atoms with Gasteiger partial charge >= 0.3 is 0 Å². The molecule has 0 fully saturated rings. The average Bonchev–Trinajstić information content (AvgIpc) is 2.41. The second kappa shape index (κ2) is 5.98. The van der Waals surface area contributed by atoms with Crippen molar-refractivity contribution in [2.24, 2.45) is 5.73 Å². The van der Waals surface area contributed by atoms with Crippen LogP contribution >= 0.6 is 15.9 Å². The third-order valence-corrected chi connectivity index (χ3v) is 4.55. The van der Waals surface area contributed by atoms with Crippen LogP contribution in [-0.4, -0.2) is 7.11 Å². The van der Waals surface area contributed by atoms with E-state index < -0.39 is 0 Å². The Morgan fingerprint density at radius 3 is 2.20 bits per heavy atom. The molecular weight excluding hydrogens is 314 g/mol. The Bertz CT molecular complexity index is 617. The Morgan fingerprint density at radius 1 is 1.05 bits per heavy atom. The van der Waals surface area contributed by atoms with Crippen molar-refractivity contribution >= 4 is 15.9 Å². The summed E-state index contributed by atoms with van der Waals surface area (Å²) in [6, 6.07) is 10.1. The molecule has 20 heavy (non-hydrogen) atoms. The summed E-state index contributed by atoms with van der Waals surface area (Å²) in [6.45, 7) is 6.23. The minimum Gasteiger partial charge on any atom is -0.496 e. The number of halogens is 1. The molecule has 0 bridgehead atoms. The fourth-order valence-corrected chi connectivity index (χ4v) is 2.92. The van der Waals surface area contributed by atoms with Crippen molar-refractivity contribution in [2.45, 2.75) is 26.8 Å². The number of benzene rings is 2. The number of aryl methyl sites for hydroxylation is 3. The highest BCUT2D eigenvalue weighted by Crippen LogP contribution is 2.35. The van der Waals surface area contributed by atoms with Crippen LogP contribution in [0.3, 0.4) is 0 Å². The first-order valence-electron chi connectivity index (χ1n) is 6.61. The maximum absolute atomic E-state index is 6.51. The van der Waals surface area contributed by atoms with Gasteiger partial charge in [0.2, 0.25) is 0 Å². The molecule has 0 aliphatic carbocycles. The van der Waals surface area contributed by atoms with Crippen LogP contribution < -0.4 is 10.5 Å². The summed E-state index contributed by atoms with van der Waals surface area (Å²) in [6.07, 6.45) is 0. The highest BCUT2D eigenvalue weighted by Gasteiger charge is 2.19. The van der Waals surface area contributed by atoms with Gasteiger partial charge in [0, 0.05) is 10.0 Å². The van der Waals surface area contributed by atoms with Crippen molar-refractivity contribution in [3.63, 3.8) is 0 Å². The zero-order valence-corrected chi connectivity index (χ0v) is 13.9. The third-order valence-electron chi connectivity index (χ3n) is 3.70. The zero-order valence-electron chi connectivity index (χ0n) is 12.3. The Kier molecular flexibility index (Phi) is 4.51. The normalized spacial score (nSPS) is 12.3. The molecule has 2 aromatic rings. The van der Waals surface area contributed by atoms with Crippen LogP contribution in [0.2, 0.25) is 0 Å². The molecule has 1 unspecified atom stereocenters. The van der Waals surface area contributed by atoms with Crippen LogP contribution in [0, 0.1) is 20.8 Å². The van der Waals surface area contributed by atoms with Crippen LogP contribution in [0.5, 0.6) is 5.75 Å². The maximum atomic E-state index is 6.51. The molecule has 0 aliphatic rings. The van der Waals surface area contributed by atoms with E-state index in [1.807, 2.05) is 13.0 Å². The predicted octanol–water partition coefficient (Wildman–Crippen LogP) is 4.43. The number of ether oxygens (including phenoxy) is 1. The number of hydrogen-bond acceptors (Lipinski definition) is 2. The van der Waals surface area contributed by atoms with Crippen LogP contribution in [0.1, 0.15) is 33.9 Å². The molecule has 2 nitrogen and oxygen atoms in total. The Morgan fingerprint density at radius 2 is 1.65 bits per heavy atom. The van der Waals surface area contributed by atoms with Gasteiger partial charge in [0.05, 0.1) is 13.2 Å². The first-order valence-corrected chi connectivity index (χ1v) is 7.40. The Balaban J connectivity index is 2.59. The molecule has 0 saturated heterocycles. The molecule has 2 aromatic carbocycles. The summed E-state index contributed by atoms with van der Waals surface area (Å²) in [7, 11) is 1.68. The van der Waals surface area contributed by atoms with Crippen molar-refractivity contribution in [1.82, 2.24) is 0 Å². The van der Waals surface area contributed by atoms with Gasteiger partial charge < -0.3 is 10.5 Å².